The number of rotatable bonds is 50. The van der Waals surface area contributed by atoms with Gasteiger partial charge in [-0.05, 0) is 40.0 Å². The lowest BCUT2D eigenvalue weighted by molar-refractivity contribution is -0.890. The maximum atomic E-state index is 12.2. The molecule has 0 saturated heterocycles. The van der Waals surface area contributed by atoms with Gasteiger partial charge in [-0.25, -0.2) is 9.59 Å². The van der Waals surface area contributed by atoms with Crippen LogP contribution in [0.1, 0.15) is 78.6 Å². The van der Waals surface area contributed by atoms with Crippen LogP contribution in [0, 0.1) is 0 Å². The number of carbonyl (C=O) groups is 7. The summed E-state index contributed by atoms with van der Waals surface area (Å²) in [6.45, 7) is 13.9. The summed E-state index contributed by atoms with van der Waals surface area (Å²) in [7, 11) is -0.0309. The van der Waals surface area contributed by atoms with Crippen molar-refractivity contribution >= 4 is 51.8 Å². The van der Waals surface area contributed by atoms with Crippen molar-refractivity contribution in [3.8, 4) is 0 Å². The van der Waals surface area contributed by atoms with Crippen molar-refractivity contribution in [2.75, 3.05) is 178 Å². The Morgan fingerprint density at radius 1 is 0.526 bits per heavy atom. The number of hydrogen-bond acceptors (Lipinski definition) is 19. The highest BCUT2D eigenvalue weighted by Crippen LogP contribution is 2.13. The lowest BCUT2D eigenvalue weighted by Gasteiger charge is -2.29. The van der Waals surface area contributed by atoms with Gasteiger partial charge in [0.15, 0.2) is 0 Å². The third kappa shape index (κ3) is 44.3. The summed E-state index contributed by atoms with van der Waals surface area (Å²) in [5.74, 6) is -1.78. The summed E-state index contributed by atoms with van der Waals surface area (Å²) >= 11 is 0. The zero-order valence-electron chi connectivity index (χ0n) is 46.8. The minimum atomic E-state index is -3.96. The van der Waals surface area contributed by atoms with Gasteiger partial charge >= 0.3 is 12.2 Å². The SMILES string of the molecule is CC(C)(C)OC(=O)NCC(CCOC(=O)NCCC(=O)NCCCCCNC(=O)CCOCCOCCOCCOCCOCCOCCOCCOCCNC(=O)CCC[N+](C)(C)CCCS(=O)(=O)O)N1C(=O)C=CC1=O. The first-order chi connectivity index (χ1) is 37.2. The van der Waals surface area contributed by atoms with Gasteiger partial charge < -0.3 is 78.4 Å². The molecule has 28 heteroatoms. The molecule has 78 heavy (non-hydrogen) atoms. The molecule has 0 saturated carbocycles. The molecule has 0 spiro atoms. The minimum absolute atomic E-state index is 0.0288. The van der Waals surface area contributed by atoms with Crippen LogP contribution in [0.25, 0.3) is 0 Å². The lowest BCUT2D eigenvalue weighted by atomic mass is 10.2. The van der Waals surface area contributed by atoms with E-state index >= 15 is 0 Å². The van der Waals surface area contributed by atoms with Gasteiger partial charge in [0, 0.05) is 83.4 Å². The van der Waals surface area contributed by atoms with E-state index in [1.54, 1.807) is 20.8 Å². The Balaban J connectivity index is 1.83. The fraction of sp³-hybridized carbons (Fsp3) is 0.820. The molecule has 0 bridgehead atoms. The molecule has 6 N–H and O–H groups in total. The predicted octanol–water partition coefficient (Wildman–Crippen LogP) is 0.487. The van der Waals surface area contributed by atoms with Crippen LogP contribution in [0.3, 0.4) is 0 Å². The molecule has 1 heterocycles. The molecular weight excluding hydrogens is 1050 g/mol. The summed E-state index contributed by atoms with van der Waals surface area (Å²) in [6.07, 6.45) is 4.69. The average molecular weight is 1140 g/mol. The Morgan fingerprint density at radius 3 is 1.45 bits per heavy atom. The largest absolute Gasteiger partial charge is 0.449 e. The molecule has 1 aliphatic heterocycles. The Labute approximate surface area is 460 Å². The van der Waals surface area contributed by atoms with Gasteiger partial charge in [-0.2, -0.15) is 8.42 Å². The van der Waals surface area contributed by atoms with E-state index in [0.717, 1.165) is 29.9 Å². The maximum absolute atomic E-state index is 12.2. The number of ether oxygens (including phenoxy) is 10. The van der Waals surface area contributed by atoms with E-state index in [9.17, 15) is 42.0 Å². The first-order valence-electron chi connectivity index (χ1n) is 26.8. The zero-order valence-corrected chi connectivity index (χ0v) is 47.6. The van der Waals surface area contributed by atoms with Crippen LogP contribution in [0.5, 0.6) is 0 Å². The number of quaternary nitrogens is 1. The van der Waals surface area contributed by atoms with Crippen molar-refractivity contribution in [1.82, 2.24) is 31.5 Å². The molecular formula is C50H92N7O20S+. The summed E-state index contributed by atoms with van der Waals surface area (Å²) in [6, 6.07) is -0.784. The zero-order chi connectivity index (χ0) is 57.8. The number of nitrogens with zero attached hydrogens (tertiary/aromatic N) is 2. The molecule has 0 radical (unpaired) electrons. The molecule has 0 aromatic rings. The standard InChI is InChI=1S/C50H91N7O20S/c1-50(2,3)77-49(64)55-41-42(56-46(61)12-13-47(56)62)15-24-76-48(63)54-19-14-44(59)51-17-7-6-8-18-52-45(60)16-23-68-26-28-70-30-32-72-34-36-74-38-39-75-37-35-73-33-31-71-29-27-69-25-20-53-43(58)11-9-21-57(4,5)22-10-40-78(65,66)67/h12-13,42H,6-11,14-41H2,1-5H3,(H5-,51,52,53,54,55,58,59,60,63,64,65,66,67)/p+1. The van der Waals surface area contributed by atoms with Crippen LogP contribution < -0.4 is 26.6 Å². The van der Waals surface area contributed by atoms with Crippen LogP contribution >= 0.6 is 0 Å². The van der Waals surface area contributed by atoms with E-state index in [1.165, 1.54) is 0 Å². The Hall–Kier alpha value is -4.62. The molecule has 27 nitrogen and oxygen atoms in total. The van der Waals surface area contributed by atoms with Crippen molar-refractivity contribution < 1.29 is 98.4 Å². The molecule has 0 fully saturated rings. The third-order valence-corrected chi connectivity index (χ3v) is 11.7. The maximum Gasteiger partial charge on any atom is 0.407 e. The number of unbranched alkanes of at least 4 members (excludes halogenated alkanes) is 2. The normalized spacial score (nSPS) is 13.1. The average Bonchev–Trinajstić information content (AvgIpc) is 3.69. The Bertz CT molecular complexity index is 1820. The summed E-state index contributed by atoms with van der Waals surface area (Å²) in [4.78, 5) is 86.0. The van der Waals surface area contributed by atoms with Crippen molar-refractivity contribution in [2.24, 2.45) is 0 Å². The number of imide groups is 1. The molecule has 0 aromatic carbocycles. The quantitative estimate of drug-likeness (QED) is 0.0209. The van der Waals surface area contributed by atoms with Gasteiger partial charge in [0.05, 0.1) is 151 Å². The number of hydrogen-bond donors (Lipinski definition) is 6. The first-order valence-corrected chi connectivity index (χ1v) is 28.4. The van der Waals surface area contributed by atoms with Crippen LogP contribution in [-0.2, 0) is 81.5 Å². The topological polar surface area (TPSA) is 330 Å². The number of carbonyl (C=O) groups excluding carboxylic acids is 7. The van der Waals surface area contributed by atoms with E-state index in [2.05, 4.69) is 26.6 Å². The van der Waals surface area contributed by atoms with Crippen LogP contribution in [-0.4, -0.2) is 254 Å². The highest BCUT2D eigenvalue weighted by atomic mass is 32.2. The summed E-state index contributed by atoms with van der Waals surface area (Å²) < 4.78 is 85.4. The van der Waals surface area contributed by atoms with Gasteiger partial charge in [-0.3, -0.25) is 33.4 Å². The molecule has 1 unspecified atom stereocenters. The van der Waals surface area contributed by atoms with Crippen LogP contribution in [0.2, 0.25) is 0 Å². The molecule has 0 aliphatic carbocycles. The van der Waals surface area contributed by atoms with Crippen LogP contribution in [0.15, 0.2) is 12.2 Å². The van der Waals surface area contributed by atoms with Gasteiger partial charge in [0.1, 0.15) is 5.60 Å². The number of alkyl carbamates (subject to hydrolysis) is 2. The van der Waals surface area contributed by atoms with Crippen LogP contribution in [0.4, 0.5) is 9.59 Å². The molecule has 0 aromatic heterocycles. The lowest BCUT2D eigenvalue weighted by Crippen LogP contribution is -2.48. The van der Waals surface area contributed by atoms with Crippen molar-refractivity contribution in [3.05, 3.63) is 12.2 Å². The minimum Gasteiger partial charge on any atom is -0.449 e. The van der Waals surface area contributed by atoms with Gasteiger partial charge in [-0.15, -0.1) is 0 Å². The monoisotopic (exact) mass is 1140 g/mol. The molecule has 7 amide bonds. The van der Waals surface area contributed by atoms with E-state index in [-0.39, 0.29) is 69.0 Å². The second-order valence-electron chi connectivity index (χ2n) is 19.4. The van der Waals surface area contributed by atoms with Gasteiger partial charge in [0.25, 0.3) is 21.9 Å². The smallest absolute Gasteiger partial charge is 0.407 e. The first kappa shape index (κ1) is 71.4. The number of nitrogens with one attached hydrogen (secondary N) is 5. The van der Waals surface area contributed by atoms with Crippen molar-refractivity contribution in [3.63, 3.8) is 0 Å². The Morgan fingerprint density at radius 2 is 0.962 bits per heavy atom. The van der Waals surface area contributed by atoms with Gasteiger partial charge in [-0.1, -0.05) is 0 Å². The molecule has 452 valence electrons. The molecule has 1 rings (SSSR count). The highest BCUT2D eigenvalue weighted by Gasteiger charge is 2.32. The second-order valence-corrected chi connectivity index (χ2v) is 21.0. The summed E-state index contributed by atoms with van der Waals surface area (Å²) in [5, 5.41) is 13.5. The Kier molecular flexibility index (Phi) is 40.4. The van der Waals surface area contributed by atoms with Gasteiger partial charge in [0.2, 0.25) is 17.7 Å². The highest BCUT2D eigenvalue weighted by molar-refractivity contribution is 7.85. The molecule has 1 atom stereocenters. The summed E-state index contributed by atoms with van der Waals surface area (Å²) in [5.41, 5.74) is -0.743. The fourth-order valence-electron chi connectivity index (χ4n) is 6.90. The predicted molar refractivity (Wildman–Crippen MR) is 284 cm³/mol. The second kappa shape index (κ2) is 44.2. The van der Waals surface area contributed by atoms with Crippen molar-refractivity contribution in [1.29, 1.82) is 0 Å². The van der Waals surface area contributed by atoms with Crippen molar-refractivity contribution in [2.45, 2.75) is 90.2 Å². The molecule has 1 aliphatic rings. The van der Waals surface area contributed by atoms with E-state index < -0.39 is 45.8 Å². The van der Waals surface area contributed by atoms with E-state index in [1.807, 2.05) is 14.1 Å². The van der Waals surface area contributed by atoms with E-state index in [4.69, 9.17) is 51.9 Å². The third-order valence-electron chi connectivity index (χ3n) is 10.9. The fourth-order valence-corrected chi connectivity index (χ4v) is 7.39. The number of amides is 7. The van der Waals surface area contributed by atoms with E-state index in [0.29, 0.717) is 162 Å².